The maximum absolute atomic E-state index is 12.2. The number of nitrogens with two attached hydrogens (primary N) is 1. The number of nitrogens with zero attached hydrogens (tertiary/aromatic N) is 2. The van der Waals surface area contributed by atoms with E-state index in [2.05, 4.69) is 4.98 Å². The molecule has 0 aliphatic carbocycles. The summed E-state index contributed by atoms with van der Waals surface area (Å²) in [6, 6.07) is 3.76. The van der Waals surface area contributed by atoms with E-state index in [1.165, 1.54) is 0 Å². The average molecular weight is 263 g/mol. The fourth-order valence-electron chi connectivity index (χ4n) is 2.16. The summed E-state index contributed by atoms with van der Waals surface area (Å²) >= 11 is 0. The summed E-state index contributed by atoms with van der Waals surface area (Å²) in [7, 11) is 0. The number of nitrogen functional groups attached to an aromatic ring is 1. The third kappa shape index (κ3) is 3.16. The Hall–Kier alpha value is -1.78. The molecule has 2 rings (SSSR count). The predicted octanol–water partition coefficient (Wildman–Crippen LogP) is 2.35. The molecular formula is C14H21N3O2. The number of fused-ring (bicyclic) bond motifs is 1. The summed E-state index contributed by atoms with van der Waals surface area (Å²) in [5, 5.41) is 0. The van der Waals surface area contributed by atoms with Crippen LogP contribution in [0.15, 0.2) is 12.1 Å². The lowest BCUT2D eigenvalue weighted by Crippen LogP contribution is -2.45. The second kappa shape index (κ2) is 4.72. The quantitative estimate of drug-likeness (QED) is 0.780. The van der Waals surface area contributed by atoms with Crippen molar-refractivity contribution in [2.75, 3.05) is 5.73 Å². The van der Waals surface area contributed by atoms with Gasteiger partial charge in [0.25, 0.3) is 0 Å². The minimum atomic E-state index is -0.476. The van der Waals surface area contributed by atoms with Crippen LogP contribution in [0.2, 0.25) is 0 Å². The predicted molar refractivity (Wildman–Crippen MR) is 73.6 cm³/mol. The van der Waals surface area contributed by atoms with Gasteiger partial charge in [-0.1, -0.05) is 6.07 Å². The number of rotatable bonds is 0. The van der Waals surface area contributed by atoms with Crippen molar-refractivity contribution in [3.05, 3.63) is 23.4 Å². The third-order valence-corrected chi connectivity index (χ3v) is 3.08. The lowest BCUT2D eigenvalue weighted by Gasteiger charge is -2.35. The summed E-state index contributed by atoms with van der Waals surface area (Å²) in [6.07, 6.45) is 0.432. The van der Waals surface area contributed by atoms with E-state index >= 15 is 0 Å². The molecule has 0 bridgehead atoms. The van der Waals surface area contributed by atoms with Crippen LogP contribution in [0.25, 0.3) is 0 Å². The van der Waals surface area contributed by atoms with Crippen LogP contribution in [0.5, 0.6) is 0 Å². The highest BCUT2D eigenvalue weighted by Gasteiger charge is 2.30. The molecule has 19 heavy (non-hydrogen) atoms. The van der Waals surface area contributed by atoms with Gasteiger partial charge < -0.3 is 15.4 Å². The van der Waals surface area contributed by atoms with Crippen LogP contribution in [0.4, 0.5) is 10.6 Å². The Morgan fingerprint density at radius 3 is 2.79 bits per heavy atom. The van der Waals surface area contributed by atoms with Crippen molar-refractivity contribution in [1.82, 2.24) is 9.88 Å². The van der Waals surface area contributed by atoms with Crippen molar-refractivity contribution >= 4 is 11.9 Å². The maximum Gasteiger partial charge on any atom is 0.410 e. The first-order valence-corrected chi connectivity index (χ1v) is 6.50. The van der Waals surface area contributed by atoms with Crippen LogP contribution in [-0.4, -0.2) is 27.6 Å². The zero-order valence-corrected chi connectivity index (χ0v) is 11.9. The van der Waals surface area contributed by atoms with Gasteiger partial charge in [0.05, 0.1) is 6.54 Å². The van der Waals surface area contributed by atoms with Gasteiger partial charge in [0.2, 0.25) is 0 Å². The van der Waals surface area contributed by atoms with Gasteiger partial charge in [-0.25, -0.2) is 9.78 Å². The van der Waals surface area contributed by atoms with E-state index in [4.69, 9.17) is 10.5 Å². The number of anilines is 1. The minimum Gasteiger partial charge on any atom is -0.444 e. The SMILES string of the molecule is C[C@@H]1Cc2nc(N)ccc2CN1C(=O)OC(C)(C)C. The molecule has 1 aliphatic rings. The van der Waals surface area contributed by atoms with Gasteiger partial charge in [-0.15, -0.1) is 0 Å². The van der Waals surface area contributed by atoms with Gasteiger partial charge in [-0.3, -0.25) is 0 Å². The van der Waals surface area contributed by atoms with Crippen molar-refractivity contribution in [2.45, 2.75) is 52.3 Å². The van der Waals surface area contributed by atoms with Gasteiger partial charge >= 0.3 is 6.09 Å². The molecule has 5 nitrogen and oxygen atoms in total. The van der Waals surface area contributed by atoms with Crippen molar-refractivity contribution in [2.24, 2.45) is 0 Å². The minimum absolute atomic E-state index is 0.0663. The fraction of sp³-hybridized carbons (Fsp3) is 0.571. The Morgan fingerprint density at radius 1 is 1.47 bits per heavy atom. The van der Waals surface area contributed by atoms with E-state index in [1.807, 2.05) is 33.8 Å². The van der Waals surface area contributed by atoms with Crippen LogP contribution in [-0.2, 0) is 17.7 Å². The lowest BCUT2D eigenvalue weighted by molar-refractivity contribution is 0.0136. The molecule has 0 fully saturated rings. The Balaban J connectivity index is 2.17. The zero-order chi connectivity index (χ0) is 14.2. The van der Waals surface area contributed by atoms with Crippen molar-refractivity contribution in [3.63, 3.8) is 0 Å². The van der Waals surface area contributed by atoms with Gasteiger partial charge in [-0.05, 0) is 39.3 Å². The second-order valence-electron chi connectivity index (χ2n) is 6.00. The normalized spacial score (nSPS) is 18.9. The standard InChI is InChI=1S/C14H21N3O2/c1-9-7-11-10(5-6-12(15)16-11)8-17(9)13(18)19-14(2,3)4/h5-6,9H,7-8H2,1-4H3,(H2,15,16)/t9-/m1/s1. The molecule has 0 aromatic carbocycles. The smallest absolute Gasteiger partial charge is 0.410 e. The van der Waals surface area contributed by atoms with Crippen LogP contribution in [0.1, 0.15) is 39.0 Å². The first kappa shape index (κ1) is 13.6. The molecule has 1 aromatic rings. The average Bonchev–Trinajstić information content (AvgIpc) is 2.25. The first-order valence-electron chi connectivity index (χ1n) is 6.50. The highest BCUT2D eigenvalue weighted by molar-refractivity contribution is 5.69. The Morgan fingerprint density at radius 2 is 2.16 bits per heavy atom. The van der Waals surface area contributed by atoms with Crippen LogP contribution in [0, 0.1) is 0 Å². The topological polar surface area (TPSA) is 68.5 Å². The second-order valence-corrected chi connectivity index (χ2v) is 6.00. The summed E-state index contributed by atoms with van der Waals surface area (Å²) in [6.45, 7) is 8.14. The van der Waals surface area contributed by atoms with E-state index in [1.54, 1.807) is 11.0 Å². The monoisotopic (exact) mass is 263 g/mol. The molecule has 2 heterocycles. The maximum atomic E-state index is 12.2. The Labute approximate surface area is 113 Å². The van der Waals surface area contributed by atoms with E-state index in [9.17, 15) is 4.79 Å². The molecule has 5 heteroatoms. The molecule has 2 N–H and O–H groups in total. The molecule has 1 amide bonds. The third-order valence-electron chi connectivity index (χ3n) is 3.08. The summed E-state index contributed by atoms with van der Waals surface area (Å²) in [4.78, 5) is 18.2. The lowest BCUT2D eigenvalue weighted by atomic mass is 10.0. The largest absolute Gasteiger partial charge is 0.444 e. The van der Waals surface area contributed by atoms with Crippen molar-refractivity contribution < 1.29 is 9.53 Å². The summed E-state index contributed by atoms with van der Waals surface area (Å²) in [5.41, 5.74) is 7.23. The first-order chi connectivity index (χ1) is 8.76. The number of hydrogen-bond acceptors (Lipinski definition) is 4. The highest BCUT2D eigenvalue weighted by atomic mass is 16.6. The molecule has 0 saturated carbocycles. The number of hydrogen-bond donors (Lipinski definition) is 1. The van der Waals surface area contributed by atoms with E-state index in [0.29, 0.717) is 18.8 Å². The molecular weight excluding hydrogens is 242 g/mol. The number of amides is 1. The van der Waals surface area contributed by atoms with E-state index < -0.39 is 5.60 Å². The number of carbonyl (C=O) groups is 1. The van der Waals surface area contributed by atoms with Crippen LogP contribution in [0.3, 0.4) is 0 Å². The molecule has 0 spiro atoms. The van der Waals surface area contributed by atoms with Crippen molar-refractivity contribution in [1.29, 1.82) is 0 Å². The highest BCUT2D eigenvalue weighted by Crippen LogP contribution is 2.24. The number of ether oxygens (including phenoxy) is 1. The van der Waals surface area contributed by atoms with Crippen LogP contribution >= 0.6 is 0 Å². The Bertz CT molecular complexity index is 494. The summed E-state index contributed by atoms with van der Waals surface area (Å²) in [5.74, 6) is 0.525. The summed E-state index contributed by atoms with van der Waals surface area (Å²) < 4.78 is 5.43. The van der Waals surface area contributed by atoms with Gasteiger partial charge in [0.1, 0.15) is 11.4 Å². The molecule has 0 unspecified atom stereocenters. The molecule has 1 aromatic heterocycles. The number of carbonyl (C=O) groups excluding carboxylic acids is 1. The van der Waals surface area contributed by atoms with E-state index in [-0.39, 0.29) is 12.1 Å². The fourth-order valence-corrected chi connectivity index (χ4v) is 2.16. The molecule has 0 saturated heterocycles. The van der Waals surface area contributed by atoms with Gasteiger partial charge in [0.15, 0.2) is 0 Å². The molecule has 0 radical (unpaired) electrons. The Kier molecular flexibility index (Phi) is 3.39. The molecule has 1 atom stereocenters. The molecule has 1 aliphatic heterocycles. The van der Waals surface area contributed by atoms with Crippen LogP contribution < -0.4 is 5.73 Å². The van der Waals surface area contributed by atoms with Gasteiger partial charge in [-0.2, -0.15) is 0 Å². The molecule has 104 valence electrons. The zero-order valence-electron chi connectivity index (χ0n) is 11.9. The van der Waals surface area contributed by atoms with E-state index in [0.717, 1.165) is 11.3 Å². The number of pyridine rings is 1. The number of aromatic nitrogens is 1. The van der Waals surface area contributed by atoms with Gasteiger partial charge in [0, 0.05) is 18.2 Å². The van der Waals surface area contributed by atoms with Crippen molar-refractivity contribution in [3.8, 4) is 0 Å².